The first-order valence-electron chi connectivity index (χ1n) is 8.82. The van der Waals surface area contributed by atoms with Crippen LogP contribution < -0.4 is 19.5 Å². The topological polar surface area (TPSA) is 93.7 Å². The number of amides is 1. The molecule has 0 unspecified atom stereocenters. The number of anilines is 1. The van der Waals surface area contributed by atoms with E-state index in [1.807, 2.05) is 19.9 Å². The summed E-state index contributed by atoms with van der Waals surface area (Å²) < 4.78 is 36.7. The van der Waals surface area contributed by atoms with Crippen LogP contribution in [0.1, 0.15) is 19.4 Å². The van der Waals surface area contributed by atoms with E-state index in [9.17, 15) is 13.2 Å². The lowest BCUT2D eigenvalue weighted by molar-refractivity contribution is -0.111. The lowest BCUT2D eigenvalue weighted by Gasteiger charge is -2.11. The molecule has 0 saturated carbocycles. The zero-order valence-corrected chi connectivity index (χ0v) is 16.9. The molecule has 1 amide bonds. The first-order chi connectivity index (χ1) is 13.4. The van der Waals surface area contributed by atoms with E-state index in [2.05, 4.69) is 10.0 Å². The quantitative estimate of drug-likeness (QED) is 0.627. The third kappa shape index (κ3) is 5.83. The maximum Gasteiger partial charge on any atom is 0.248 e. The standard InChI is InChI=1S/C20H24N2O5S/c1-4-26-18-12-6-15(14-19(18)27-5-2)7-13-20(23)22-16-8-10-17(11-9-16)28(24,25)21-3/h6-14,21H,4-5H2,1-3H3,(H,22,23)/b13-7+. The van der Waals surface area contributed by atoms with Gasteiger partial charge >= 0.3 is 0 Å². The average molecular weight is 404 g/mol. The van der Waals surface area contributed by atoms with Gasteiger partial charge in [0.25, 0.3) is 0 Å². The second-order valence-electron chi connectivity index (χ2n) is 5.63. The molecule has 28 heavy (non-hydrogen) atoms. The van der Waals surface area contributed by atoms with Crippen molar-refractivity contribution in [1.82, 2.24) is 4.72 Å². The minimum Gasteiger partial charge on any atom is -0.490 e. The van der Waals surface area contributed by atoms with Crippen LogP contribution in [0.25, 0.3) is 6.08 Å². The van der Waals surface area contributed by atoms with Crippen molar-refractivity contribution in [3.63, 3.8) is 0 Å². The Morgan fingerprint density at radius 1 is 1.00 bits per heavy atom. The zero-order valence-electron chi connectivity index (χ0n) is 16.1. The number of rotatable bonds is 9. The fourth-order valence-corrected chi connectivity index (χ4v) is 3.09. The number of carbonyl (C=O) groups is 1. The molecule has 2 aromatic rings. The zero-order chi connectivity index (χ0) is 20.6. The average Bonchev–Trinajstić information content (AvgIpc) is 2.69. The minimum atomic E-state index is -3.51. The monoisotopic (exact) mass is 404 g/mol. The Bertz CT molecular complexity index is 938. The number of benzene rings is 2. The van der Waals surface area contributed by atoms with Gasteiger partial charge in [0, 0.05) is 11.8 Å². The maximum atomic E-state index is 12.1. The first kappa shape index (κ1) is 21.5. The van der Waals surface area contributed by atoms with Crippen molar-refractivity contribution < 1.29 is 22.7 Å². The molecular formula is C20H24N2O5S. The van der Waals surface area contributed by atoms with Crippen molar-refractivity contribution in [2.45, 2.75) is 18.7 Å². The number of carbonyl (C=O) groups excluding carboxylic acids is 1. The van der Waals surface area contributed by atoms with Gasteiger partial charge < -0.3 is 14.8 Å². The Morgan fingerprint density at radius 3 is 2.25 bits per heavy atom. The van der Waals surface area contributed by atoms with E-state index in [1.165, 1.54) is 37.4 Å². The van der Waals surface area contributed by atoms with Crippen molar-refractivity contribution in [2.75, 3.05) is 25.6 Å². The van der Waals surface area contributed by atoms with Crippen LogP contribution in [0.15, 0.2) is 53.4 Å². The van der Waals surface area contributed by atoms with Gasteiger partial charge in [0.05, 0.1) is 18.1 Å². The van der Waals surface area contributed by atoms with Crippen LogP contribution in [0.3, 0.4) is 0 Å². The molecule has 0 aliphatic rings. The molecule has 150 valence electrons. The number of ether oxygens (including phenoxy) is 2. The maximum absolute atomic E-state index is 12.1. The number of sulfonamides is 1. The van der Waals surface area contributed by atoms with Gasteiger partial charge in [0.2, 0.25) is 15.9 Å². The van der Waals surface area contributed by atoms with Gasteiger partial charge in [0.15, 0.2) is 11.5 Å². The van der Waals surface area contributed by atoms with Crippen molar-refractivity contribution in [2.24, 2.45) is 0 Å². The van der Waals surface area contributed by atoms with Crippen molar-refractivity contribution in [3.05, 3.63) is 54.1 Å². The molecule has 0 atom stereocenters. The highest BCUT2D eigenvalue weighted by atomic mass is 32.2. The lowest BCUT2D eigenvalue weighted by atomic mass is 10.2. The summed E-state index contributed by atoms with van der Waals surface area (Å²) in [5.41, 5.74) is 1.28. The molecular weight excluding hydrogens is 380 g/mol. The van der Waals surface area contributed by atoms with E-state index in [0.29, 0.717) is 30.4 Å². The van der Waals surface area contributed by atoms with Gasteiger partial charge in [-0.3, -0.25) is 4.79 Å². The third-order valence-corrected chi connectivity index (χ3v) is 5.13. The highest BCUT2D eigenvalue weighted by Crippen LogP contribution is 2.29. The summed E-state index contributed by atoms with van der Waals surface area (Å²) in [5, 5.41) is 2.68. The van der Waals surface area contributed by atoms with Crippen molar-refractivity contribution in [1.29, 1.82) is 0 Å². The van der Waals surface area contributed by atoms with E-state index in [-0.39, 0.29) is 10.8 Å². The van der Waals surface area contributed by atoms with E-state index >= 15 is 0 Å². The highest BCUT2D eigenvalue weighted by molar-refractivity contribution is 7.89. The van der Waals surface area contributed by atoms with Crippen molar-refractivity contribution in [3.8, 4) is 11.5 Å². The predicted octanol–water partition coefficient (Wildman–Crippen LogP) is 3.04. The van der Waals surface area contributed by atoms with Crippen LogP contribution in [0.5, 0.6) is 11.5 Å². The summed E-state index contributed by atoms with van der Waals surface area (Å²) >= 11 is 0. The second-order valence-corrected chi connectivity index (χ2v) is 7.51. The molecule has 0 fully saturated rings. The second kappa shape index (κ2) is 9.91. The Hall–Kier alpha value is -2.84. The van der Waals surface area contributed by atoms with Gasteiger partial charge in [-0.15, -0.1) is 0 Å². The van der Waals surface area contributed by atoms with E-state index in [4.69, 9.17) is 9.47 Å². The molecule has 0 spiro atoms. The Morgan fingerprint density at radius 2 is 1.64 bits per heavy atom. The summed E-state index contributed by atoms with van der Waals surface area (Å²) in [5.74, 6) is 0.937. The molecule has 8 heteroatoms. The molecule has 0 aliphatic heterocycles. The summed E-state index contributed by atoms with van der Waals surface area (Å²) in [4.78, 5) is 12.2. The summed E-state index contributed by atoms with van der Waals surface area (Å²) in [6.07, 6.45) is 3.05. The SMILES string of the molecule is CCOc1ccc(/C=C/C(=O)Nc2ccc(S(=O)(=O)NC)cc2)cc1OCC. The Balaban J connectivity index is 2.06. The van der Waals surface area contributed by atoms with Crippen LogP contribution in [0.2, 0.25) is 0 Å². The van der Waals surface area contributed by atoms with Gasteiger partial charge in [-0.1, -0.05) is 6.07 Å². The Labute approximate surface area is 165 Å². The van der Waals surface area contributed by atoms with Crippen LogP contribution in [0, 0.1) is 0 Å². The van der Waals surface area contributed by atoms with Crippen LogP contribution in [-0.4, -0.2) is 34.6 Å². The predicted molar refractivity (Wildman–Crippen MR) is 109 cm³/mol. The lowest BCUT2D eigenvalue weighted by Crippen LogP contribution is -2.18. The largest absolute Gasteiger partial charge is 0.490 e. The van der Waals surface area contributed by atoms with Gasteiger partial charge in [0.1, 0.15) is 0 Å². The number of hydrogen-bond acceptors (Lipinski definition) is 5. The molecule has 0 saturated heterocycles. The van der Waals surface area contributed by atoms with Crippen molar-refractivity contribution >= 4 is 27.7 Å². The van der Waals surface area contributed by atoms with E-state index in [0.717, 1.165) is 5.56 Å². The molecule has 2 N–H and O–H groups in total. The van der Waals surface area contributed by atoms with Gasteiger partial charge in [-0.25, -0.2) is 13.1 Å². The molecule has 2 aromatic carbocycles. The van der Waals surface area contributed by atoms with E-state index < -0.39 is 10.0 Å². The fourth-order valence-electron chi connectivity index (χ4n) is 2.36. The highest BCUT2D eigenvalue weighted by Gasteiger charge is 2.10. The molecule has 0 aliphatic carbocycles. The number of nitrogens with one attached hydrogen (secondary N) is 2. The molecule has 0 bridgehead atoms. The summed E-state index contributed by atoms with van der Waals surface area (Å²) in [6.45, 7) is 4.83. The fraction of sp³-hybridized carbons (Fsp3) is 0.250. The van der Waals surface area contributed by atoms with Gasteiger partial charge in [-0.2, -0.15) is 0 Å². The molecule has 7 nitrogen and oxygen atoms in total. The molecule has 0 radical (unpaired) electrons. The number of hydrogen-bond donors (Lipinski definition) is 2. The van der Waals surface area contributed by atoms with Crippen LogP contribution in [0.4, 0.5) is 5.69 Å². The van der Waals surface area contributed by atoms with E-state index in [1.54, 1.807) is 18.2 Å². The van der Waals surface area contributed by atoms with Crippen LogP contribution >= 0.6 is 0 Å². The molecule has 0 heterocycles. The van der Waals surface area contributed by atoms with Gasteiger partial charge in [-0.05, 0) is 68.9 Å². The minimum absolute atomic E-state index is 0.126. The first-order valence-corrected chi connectivity index (χ1v) is 10.3. The Kier molecular flexibility index (Phi) is 7.60. The summed E-state index contributed by atoms with van der Waals surface area (Å²) in [6, 6.07) is 11.3. The smallest absolute Gasteiger partial charge is 0.248 e. The van der Waals surface area contributed by atoms with Crippen LogP contribution in [-0.2, 0) is 14.8 Å². The molecule has 0 aromatic heterocycles. The molecule has 2 rings (SSSR count). The summed E-state index contributed by atoms with van der Waals surface area (Å²) in [7, 11) is -2.16. The third-order valence-electron chi connectivity index (χ3n) is 3.70. The normalized spacial score (nSPS) is 11.4.